The Morgan fingerprint density at radius 2 is 2.15 bits per heavy atom. The molecule has 3 N–H and O–H groups in total. The first-order valence-corrected chi connectivity index (χ1v) is 4.70. The topological polar surface area (TPSA) is 64.7 Å². The van der Waals surface area contributed by atoms with Gasteiger partial charge in [0.25, 0.3) is 0 Å². The second-order valence-corrected chi connectivity index (χ2v) is 3.65. The molecule has 78 valence electrons. The van der Waals surface area contributed by atoms with Crippen molar-refractivity contribution in [2.24, 2.45) is 11.1 Å². The van der Waals surface area contributed by atoms with Gasteiger partial charge in [0.15, 0.2) is 0 Å². The van der Waals surface area contributed by atoms with Gasteiger partial charge < -0.3 is 20.3 Å². The monoisotopic (exact) mass is 189 g/mol. The van der Waals surface area contributed by atoms with Crippen molar-refractivity contribution >= 4 is 0 Å². The minimum absolute atomic E-state index is 0.186. The summed E-state index contributed by atoms with van der Waals surface area (Å²) in [5.41, 5.74) is 5.51. The number of nitrogens with two attached hydrogens (primary N) is 1. The summed E-state index contributed by atoms with van der Waals surface area (Å²) in [4.78, 5) is 0. The summed E-state index contributed by atoms with van der Waals surface area (Å²) in [7, 11) is 1.59. The van der Waals surface area contributed by atoms with Crippen LogP contribution >= 0.6 is 0 Å². The van der Waals surface area contributed by atoms with E-state index in [0.717, 1.165) is 12.8 Å². The minimum atomic E-state index is -0.466. The van der Waals surface area contributed by atoms with Gasteiger partial charge in [-0.1, -0.05) is 0 Å². The van der Waals surface area contributed by atoms with Gasteiger partial charge in [0.2, 0.25) is 0 Å². The summed E-state index contributed by atoms with van der Waals surface area (Å²) >= 11 is 0. The van der Waals surface area contributed by atoms with Crippen LogP contribution in [-0.2, 0) is 9.47 Å². The predicted octanol–water partition coefficient (Wildman–Crippen LogP) is -0.251. The highest BCUT2D eigenvalue weighted by molar-refractivity contribution is 4.89. The highest BCUT2D eigenvalue weighted by Crippen LogP contribution is 2.33. The molecule has 4 nitrogen and oxygen atoms in total. The number of rotatable bonds is 4. The standard InChI is InChI=1S/C9H19NO3/c1-12-6-8(11)9(7-10)2-4-13-5-3-9/h8,11H,2-7,10H2,1H3/t8-/m1/s1. The molecule has 0 aromatic carbocycles. The van der Waals surface area contributed by atoms with Crippen molar-refractivity contribution < 1.29 is 14.6 Å². The lowest BCUT2D eigenvalue weighted by Gasteiger charge is -2.39. The summed E-state index contributed by atoms with van der Waals surface area (Å²) < 4.78 is 10.2. The van der Waals surface area contributed by atoms with Crippen LogP contribution in [0.4, 0.5) is 0 Å². The zero-order valence-electron chi connectivity index (χ0n) is 8.16. The van der Waals surface area contributed by atoms with E-state index in [1.807, 2.05) is 0 Å². The van der Waals surface area contributed by atoms with Gasteiger partial charge in [-0.3, -0.25) is 0 Å². The van der Waals surface area contributed by atoms with Gasteiger partial charge >= 0.3 is 0 Å². The molecule has 0 aromatic heterocycles. The van der Waals surface area contributed by atoms with Crippen LogP contribution in [0.1, 0.15) is 12.8 Å². The van der Waals surface area contributed by atoms with Crippen LogP contribution in [0.15, 0.2) is 0 Å². The van der Waals surface area contributed by atoms with Crippen molar-refractivity contribution in [2.45, 2.75) is 18.9 Å². The molecular formula is C9H19NO3. The fourth-order valence-corrected chi connectivity index (χ4v) is 1.79. The summed E-state index contributed by atoms with van der Waals surface area (Å²) in [5, 5.41) is 9.86. The van der Waals surface area contributed by atoms with Crippen molar-refractivity contribution in [2.75, 3.05) is 33.5 Å². The zero-order valence-corrected chi connectivity index (χ0v) is 8.16. The lowest BCUT2D eigenvalue weighted by Crippen LogP contribution is -2.47. The Hall–Kier alpha value is -0.160. The molecule has 1 aliphatic heterocycles. The Bertz CT molecular complexity index is 146. The summed E-state index contributed by atoms with van der Waals surface area (Å²) in [5.74, 6) is 0. The van der Waals surface area contributed by atoms with Crippen molar-refractivity contribution in [3.63, 3.8) is 0 Å². The smallest absolute Gasteiger partial charge is 0.0843 e. The molecule has 1 saturated heterocycles. The molecule has 1 aliphatic rings. The fourth-order valence-electron chi connectivity index (χ4n) is 1.79. The van der Waals surface area contributed by atoms with Gasteiger partial charge in [0.1, 0.15) is 0 Å². The molecule has 0 aromatic rings. The van der Waals surface area contributed by atoms with Crippen LogP contribution in [0.25, 0.3) is 0 Å². The highest BCUT2D eigenvalue weighted by atomic mass is 16.5. The third-order valence-corrected chi connectivity index (χ3v) is 2.93. The zero-order chi connectivity index (χ0) is 9.73. The largest absolute Gasteiger partial charge is 0.390 e. The van der Waals surface area contributed by atoms with E-state index in [4.69, 9.17) is 15.2 Å². The first-order valence-electron chi connectivity index (χ1n) is 4.70. The molecule has 0 saturated carbocycles. The normalized spacial score (nSPS) is 24.2. The van der Waals surface area contributed by atoms with Crippen LogP contribution in [0.2, 0.25) is 0 Å². The predicted molar refractivity (Wildman–Crippen MR) is 49.4 cm³/mol. The van der Waals surface area contributed by atoms with E-state index in [-0.39, 0.29) is 5.41 Å². The Balaban J connectivity index is 2.55. The Morgan fingerprint density at radius 3 is 2.62 bits per heavy atom. The summed E-state index contributed by atoms with van der Waals surface area (Å²) in [6.45, 7) is 2.24. The maximum atomic E-state index is 9.86. The van der Waals surface area contributed by atoms with Gasteiger partial charge in [0.05, 0.1) is 12.7 Å². The van der Waals surface area contributed by atoms with E-state index in [1.165, 1.54) is 0 Å². The molecule has 0 amide bonds. The third-order valence-electron chi connectivity index (χ3n) is 2.93. The molecule has 1 heterocycles. The van der Waals surface area contributed by atoms with Crippen LogP contribution in [0.3, 0.4) is 0 Å². The molecular weight excluding hydrogens is 170 g/mol. The van der Waals surface area contributed by atoms with Crippen LogP contribution in [-0.4, -0.2) is 44.7 Å². The Labute approximate surface area is 79.0 Å². The third kappa shape index (κ3) is 2.40. The lowest BCUT2D eigenvalue weighted by atomic mass is 9.75. The number of hydrogen-bond donors (Lipinski definition) is 2. The van der Waals surface area contributed by atoms with E-state index >= 15 is 0 Å². The molecule has 0 bridgehead atoms. The SMILES string of the molecule is COC[C@@H](O)C1(CN)CCOCC1. The highest BCUT2D eigenvalue weighted by Gasteiger charge is 2.38. The summed E-state index contributed by atoms with van der Waals surface area (Å²) in [6, 6.07) is 0. The molecule has 0 aliphatic carbocycles. The quantitative estimate of drug-likeness (QED) is 0.640. The van der Waals surface area contributed by atoms with Gasteiger partial charge in [-0.2, -0.15) is 0 Å². The van der Waals surface area contributed by atoms with Gasteiger partial charge in [0, 0.05) is 32.3 Å². The number of ether oxygens (including phenoxy) is 2. The average Bonchev–Trinajstić information content (AvgIpc) is 2.19. The molecule has 4 heteroatoms. The van der Waals surface area contributed by atoms with Crippen LogP contribution in [0, 0.1) is 5.41 Å². The molecule has 1 atom stereocenters. The molecule has 1 rings (SSSR count). The van der Waals surface area contributed by atoms with Crippen molar-refractivity contribution in [1.82, 2.24) is 0 Å². The number of aliphatic hydroxyl groups is 1. The summed E-state index contributed by atoms with van der Waals surface area (Å²) in [6.07, 6.45) is 1.19. The second-order valence-electron chi connectivity index (χ2n) is 3.65. The Kier molecular flexibility index (Phi) is 4.12. The van der Waals surface area contributed by atoms with Gasteiger partial charge in [-0.25, -0.2) is 0 Å². The molecule has 0 radical (unpaired) electrons. The molecule has 13 heavy (non-hydrogen) atoms. The van der Waals surface area contributed by atoms with Gasteiger partial charge in [-0.15, -0.1) is 0 Å². The van der Waals surface area contributed by atoms with E-state index < -0.39 is 6.10 Å². The first-order chi connectivity index (χ1) is 6.25. The van der Waals surface area contributed by atoms with Gasteiger partial charge in [-0.05, 0) is 12.8 Å². The molecule has 0 spiro atoms. The van der Waals surface area contributed by atoms with E-state index in [1.54, 1.807) is 7.11 Å². The maximum absolute atomic E-state index is 9.86. The molecule has 1 fully saturated rings. The first kappa shape index (κ1) is 10.9. The fraction of sp³-hybridized carbons (Fsp3) is 1.00. The van der Waals surface area contributed by atoms with Crippen molar-refractivity contribution in [3.05, 3.63) is 0 Å². The number of aliphatic hydroxyl groups excluding tert-OH is 1. The van der Waals surface area contributed by atoms with Crippen LogP contribution in [0.5, 0.6) is 0 Å². The number of hydrogen-bond acceptors (Lipinski definition) is 4. The van der Waals surface area contributed by atoms with Crippen molar-refractivity contribution in [1.29, 1.82) is 0 Å². The molecule has 0 unspecified atom stereocenters. The second kappa shape index (κ2) is 4.91. The van der Waals surface area contributed by atoms with E-state index in [9.17, 15) is 5.11 Å². The average molecular weight is 189 g/mol. The van der Waals surface area contributed by atoms with E-state index in [2.05, 4.69) is 0 Å². The maximum Gasteiger partial charge on any atom is 0.0843 e. The Morgan fingerprint density at radius 1 is 1.54 bits per heavy atom. The lowest BCUT2D eigenvalue weighted by molar-refractivity contribution is -0.0812. The minimum Gasteiger partial charge on any atom is -0.390 e. The van der Waals surface area contributed by atoms with Crippen LogP contribution < -0.4 is 5.73 Å². The number of methoxy groups -OCH3 is 1. The van der Waals surface area contributed by atoms with Crippen molar-refractivity contribution in [3.8, 4) is 0 Å². The van der Waals surface area contributed by atoms with E-state index in [0.29, 0.717) is 26.4 Å².